The average molecular weight is 340 g/mol. The Balaban J connectivity index is 1.78. The van der Waals surface area contributed by atoms with Gasteiger partial charge in [0.25, 0.3) is 0 Å². The standard InChI is InChI=1S/C21H17BN2O2/c1-20(2)21(3,4)26-22(25-20)13-11-17-14-7-5-8-15(14)18-16(9-6-10-23-18)19(17)24-12-13/h6,9-12H,1-4H3. The number of nitrogens with zero attached hydrogens (tertiary/aromatic N) is 2. The molecule has 0 N–H and O–H groups in total. The molecule has 1 aliphatic carbocycles. The molecule has 26 heavy (non-hydrogen) atoms. The minimum absolute atomic E-state index is 0.386. The number of hydrogen-bond acceptors (Lipinski definition) is 4. The van der Waals surface area contributed by atoms with Gasteiger partial charge in [0.15, 0.2) is 0 Å². The quantitative estimate of drug-likeness (QED) is 0.300. The Morgan fingerprint density at radius 1 is 0.923 bits per heavy atom. The molecule has 4 nitrogen and oxygen atoms in total. The van der Waals surface area contributed by atoms with Crippen LogP contribution < -0.4 is 15.9 Å². The van der Waals surface area contributed by atoms with Crippen LogP contribution in [0, 0.1) is 0 Å². The zero-order chi connectivity index (χ0) is 18.1. The fraction of sp³-hybridized carbons (Fsp3) is 0.286. The van der Waals surface area contributed by atoms with Crippen molar-refractivity contribution in [2.24, 2.45) is 0 Å². The summed E-state index contributed by atoms with van der Waals surface area (Å²) in [4.78, 5) is 9.24. The Morgan fingerprint density at radius 3 is 2.42 bits per heavy atom. The summed E-state index contributed by atoms with van der Waals surface area (Å²) in [6.07, 6.45) is 3.62. The van der Waals surface area contributed by atoms with Crippen molar-refractivity contribution in [2.75, 3.05) is 0 Å². The smallest absolute Gasteiger partial charge is 0.399 e. The van der Waals surface area contributed by atoms with Crippen LogP contribution in [0.1, 0.15) is 27.7 Å². The summed E-state index contributed by atoms with van der Waals surface area (Å²) >= 11 is 0. The number of aromatic nitrogens is 2. The van der Waals surface area contributed by atoms with Crippen LogP contribution in [0.4, 0.5) is 0 Å². The van der Waals surface area contributed by atoms with E-state index in [1.54, 1.807) is 6.20 Å². The fourth-order valence-corrected chi connectivity index (χ4v) is 3.45. The molecular formula is C21H17BN2O2. The van der Waals surface area contributed by atoms with Crippen LogP contribution in [-0.4, -0.2) is 28.3 Å². The van der Waals surface area contributed by atoms with Gasteiger partial charge in [-0.1, -0.05) is 11.8 Å². The van der Waals surface area contributed by atoms with Crippen molar-refractivity contribution in [1.82, 2.24) is 9.97 Å². The predicted molar refractivity (Wildman–Crippen MR) is 102 cm³/mol. The molecule has 1 aliphatic heterocycles. The topological polar surface area (TPSA) is 44.2 Å². The Morgan fingerprint density at radius 2 is 1.65 bits per heavy atom. The van der Waals surface area contributed by atoms with Crippen molar-refractivity contribution in [3.05, 3.63) is 46.8 Å². The minimum Gasteiger partial charge on any atom is -0.399 e. The van der Waals surface area contributed by atoms with E-state index in [0.717, 1.165) is 37.7 Å². The van der Waals surface area contributed by atoms with E-state index in [-0.39, 0.29) is 11.2 Å². The maximum absolute atomic E-state index is 6.18. The van der Waals surface area contributed by atoms with Crippen molar-refractivity contribution >= 4 is 45.8 Å². The lowest BCUT2D eigenvalue weighted by Crippen LogP contribution is -2.41. The molecule has 126 valence electrons. The van der Waals surface area contributed by atoms with Gasteiger partial charge in [-0.05, 0) is 51.3 Å². The number of hydrogen-bond donors (Lipinski definition) is 0. The van der Waals surface area contributed by atoms with E-state index in [0.29, 0.717) is 0 Å². The highest BCUT2D eigenvalue weighted by molar-refractivity contribution is 6.62. The Kier molecular flexibility index (Phi) is 2.98. The molecule has 1 aromatic carbocycles. The molecule has 3 aromatic rings. The Hall–Kier alpha value is -2.64. The maximum atomic E-state index is 6.18. The largest absolute Gasteiger partial charge is 0.496 e. The molecule has 1 saturated heterocycles. The number of benzene rings is 1. The number of rotatable bonds is 1. The second kappa shape index (κ2) is 4.96. The van der Waals surface area contributed by atoms with Gasteiger partial charge in [-0.25, -0.2) is 0 Å². The zero-order valence-corrected chi connectivity index (χ0v) is 15.2. The highest BCUT2D eigenvalue weighted by atomic mass is 16.7. The molecule has 0 atom stereocenters. The second-order valence-corrected chi connectivity index (χ2v) is 7.78. The summed E-state index contributed by atoms with van der Waals surface area (Å²) in [6, 6.07) is 6.04. The molecule has 2 aliphatic rings. The highest BCUT2D eigenvalue weighted by Gasteiger charge is 2.51. The lowest BCUT2D eigenvalue weighted by atomic mass is 9.79. The van der Waals surface area contributed by atoms with Crippen LogP contribution in [0.2, 0.25) is 0 Å². The van der Waals surface area contributed by atoms with E-state index in [4.69, 9.17) is 14.3 Å². The molecule has 0 radical (unpaired) electrons. The van der Waals surface area contributed by atoms with Gasteiger partial charge in [0.2, 0.25) is 0 Å². The summed E-state index contributed by atoms with van der Waals surface area (Å²) in [6.45, 7) is 8.20. The summed E-state index contributed by atoms with van der Waals surface area (Å²) in [7, 11) is -0.445. The van der Waals surface area contributed by atoms with E-state index < -0.39 is 7.12 Å². The molecule has 5 heteroatoms. The summed E-state index contributed by atoms with van der Waals surface area (Å²) in [5.41, 5.74) is 11.2. The highest BCUT2D eigenvalue weighted by Crippen LogP contribution is 2.36. The monoisotopic (exact) mass is 340 g/mol. The molecule has 3 heterocycles. The third kappa shape index (κ3) is 2.01. The lowest BCUT2D eigenvalue weighted by Gasteiger charge is -2.32. The molecule has 5 rings (SSSR count). The first-order valence-electron chi connectivity index (χ1n) is 8.70. The van der Waals surface area contributed by atoms with E-state index in [9.17, 15) is 0 Å². The number of pyridine rings is 2. The van der Waals surface area contributed by atoms with Gasteiger partial charge >= 0.3 is 7.12 Å². The van der Waals surface area contributed by atoms with E-state index in [2.05, 4.69) is 28.2 Å². The van der Waals surface area contributed by atoms with Gasteiger partial charge in [0.05, 0.1) is 32.7 Å². The molecule has 0 saturated carbocycles. The van der Waals surface area contributed by atoms with E-state index in [1.807, 2.05) is 46.0 Å². The van der Waals surface area contributed by atoms with E-state index >= 15 is 0 Å². The molecule has 0 amide bonds. The second-order valence-electron chi connectivity index (χ2n) is 7.78. The Bertz CT molecular complexity index is 1290. The predicted octanol–water partition coefficient (Wildman–Crippen LogP) is 1.57. The maximum Gasteiger partial charge on any atom is 0.496 e. The van der Waals surface area contributed by atoms with Crippen LogP contribution >= 0.6 is 0 Å². The molecule has 2 aromatic heterocycles. The summed E-state index contributed by atoms with van der Waals surface area (Å²) in [5, 5.41) is 3.84. The third-order valence-electron chi connectivity index (χ3n) is 5.63. The first kappa shape index (κ1) is 15.6. The van der Waals surface area contributed by atoms with Crippen LogP contribution in [0.25, 0.3) is 33.3 Å². The number of fused-ring (bicyclic) bond motifs is 6. The minimum atomic E-state index is -0.445. The lowest BCUT2D eigenvalue weighted by molar-refractivity contribution is 0.00578. The summed E-state index contributed by atoms with van der Waals surface area (Å²) < 4.78 is 12.4. The van der Waals surface area contributed by atoms with Gasteiger partial charge in [0, 0.05) is 28.6 Å². The molecular weight excluding hydrogens is 323 g/mol. The fourth-order valence-electron chi connectivity index (χ4n) is 3.45. The average Bonchev–Trinajstić information content (AvgIpc) is 3.18. The van der Waals surface area contributed by atoms with Gasteiger partial charge in [-0.3, -0.25) is 9.97 Å². The van der Waals surface area contributed by atoms with Crippen molar-refractivity contribution in [2.45, 2.75) is 38.9 Å². The molecule has 0 spiro atoms. The third-order valence-corrected chi connectivity index (χ3v) is 5.63. The first-order chi connectivity index (χ1) is 12.4. The molecule has 0 unspecified atom stereocenters. The van der Waals surface area contributed by atoms with Crippen molar-refractivity contribution in [3.63, 3.8) is 0 Å². The Labute approximate surface area is 151 Å². The molecule has 0 bridgehead atoms. The van der Waals surface area contributed by atoms with Gasteiger partial charge in [0.1, 0.15) is 0 Å². The van der Waals surface area contributed by atoms with Crippen molar-refractivity contribution in [1.29, 1.82) is 0 Å². The van der Waals surface area contributed by atoms with E-state index in [1.165, 1.54) is 0 Å². The van der Waals surface area contributed by atoms with Crippen molar-refractivity contribution < 1.29 is 9.31 Å². The SMILES string of the molecule is CC1(C)OB(c2cnc3c(c2)c2c(c4ncccc43)=C=C=C=2)OC1(C)C. The zero-order valence-electron chi connectivity index (χ0n) is 15.2. The van der Waals surface area contributed by atoms with Gasteiger partial charge in [-0.2, -0.15) is 0 Å². The normalized spacial score (nSPS) is 19.0. The first-order valence-corrected chi connectivity index (χ1v) is 8.70. The van der Waals surface area contributed by atoms with Crippen LogP contribution in [0.3, 0.4) is 0 Å². The molecule has 1 fully saturated rings. The van der Waals surface area contributed by atoms with Gasteiger partial charge in [-0.15, -0.1) is 0 Å². The summed E-state index contributed by atoms with van der Waals surface area (Å²) in [5.74, 6) is 0. The van der Waals surface area contributed by atoms with Crippen molar-refractivity contribution in [3.8, 4) is 0 Å². The van der Waals surface area contributed by atoms with Crippen LogP contribution in [0.5, 0.6) is 0 Å². The van der Waals surface area contributed by atoms with Crippen LogP contribution in [-0.2, 0) is 9.31 Å². The van der Waals surface area contributed by atoms with Crippen LogP contribution in [0.15, 0.2) is 36.3 Å². The van der Waals surface area contributed by atoms with Gasteiger partial charge < -0.3 is 9.31 Å².